The van der Waals surface area contributed by atoms with E-state index in [0.717, 1.165) is 8.91 Å². The summed E-state index contributed by atoms with van der Waals surface area (Å²) >= 11 is 5.46. The number of aliphatic hydroxyl groups is 1. The SMILES string of the molecule is CC(C)(O)c1[se][n+]2ccsc2c1Br. The molecule has 2 nitrogen and oxygen atoms in total. The van der Waals surface area contributed by atoms with Crippen molar-refractivity contribution in [2.24, 2.45) is 0 Å². The molecule has 0 spiro atoms. The van der Waals surface area contributed by atoms with Gasteiger partial charge in [-0.25, -0.2) is 0 Å². The molecule has 0 atom stereocenters. The second-order valence-electron chi connectivity index (χ2n) is 3.33. The molecule has 70 valence electrons. The Morgan fingerprint density at radius 1 is 1.62 bits per heavy atom. The van der Waals surface area contributed by atoms with Crippen molar-refractivity contribution in [2.75, 3.05) is 0 Å². The second-order valence-corrected chi connectivity index (χ2v) is 7.08. The van der Waals surface area contributed by atoms with Gasteiger partial charge in [0.1, 0.15) is 0 Å². The molecule has 0 aliphatic heterocycles. The number of rotatable bonds is 1. The predicted octanol–water partition coefficient (Wildman–Crippen LogP) is 1.53. The van der Waals surface area contributed by atoms with Crippen LogP contribution in [0.25, 0.3) is 4.83 Å². The van der Waals surface area contributed by atoms with E-state index >= 15 is 0 Å². The van der Waals surface area contributed by atoms with E-state index in [-0.39, 0.29) is 14.7 Å². The Hall–Kier alpha value is 0.329. The molecule has 2 aromatic rings. The average Bonchev–Trinajstić information content (AvgIpc) is 2.51. The fourth-order valence-electron chi connectivity index (χ4n) is 1.11. The first kappa shape index (κ1) is 9.87. The number of hydrogen-bond acceptors (Lipinski definition) is 2. The summed E-state index contributed by atoms with van der Waals surface area (Å²) in [4.78, 5) is 1.22. The van der Waals surface area contributed by atoms with Crippen LogP contribution in [-0.2, 0) is 5.60 Å². The van der Waals surface area contributed by atoms with Crippen molar-refractivity contribution < 1.29 is 8.50 Å². The molecule has 2 aromatic heterocycles. The zero-order valence-electron chi connectivity index (χ0n) is 7.24. The van der Waals surface area contributed by atoms with E-state index in [4.69, 9.17) is 0 Å². The van der Waals surface area contributed by atoms with Gasteiger partial charge in [-0.05, 0) is 0 Å². The molecule has 2 heterocycles. The van der Waals surface area contributed by atoms with Crippen molar-refractivity contribution in [1.82, 2.24) is 0 Å². The molecule has 0 aliphatic rings. The molecule has 0 amide bonds. The Balaban J connectivity index is 2.71. The average molecular weight is 326 g/mol. The molecule has 5 heteroatoms. The molecule has 0 saturated heterocycles. The van der Waals surface area contributed by atoms with E-state index in [9.17, 15) is 5.11 Å². The summed E-state index contributed by atoms with van der Waals surface area (Å²) < 4.78 is 4.40. The predicted molar refractivity (Wildman–Crippen MR) is 57.4 cm³/mol. The number of aromatic nitrogens is 1. The van der Waals surface area contributed by atoms with Gasteiger partial charge in [0.2, 0.25) is 0 Å². The van der Waals surface area contributed by atoms with Crippen LogP contribution in [0.15, 0.2) is 16.0 Å². The normalized spacial score (nSPS) is 12.6. The Labute approximate surface area is 94.9 Å². The van der Waals surface area contributed by atoms with E-state index in [1.165, 1.54) is 4.83 Å². The van der Waals surface area contributed by atoms with Gasteiger partial charge < -0.3 is 0 Å². The molecular weight excluding hydrogens is 317 g/mol. The molecule has 0 radical (unpaired) electrons. The van der Waals surface area contributed by atoms with Gasteiger partial charge in [0, 0.05) is 0 Å². The second kappa shape index (κ2) is 3.17. The number of nitrogens with zero attached hydrogens (tertiary/aromatic N) is 1. The summed E-state index contributed by atoms with van der Waals surface area (Å²) in [7, 11) is 0. The summed E-state index contributed by atoms with van der Waals surface area (Å²) in [5.74, 6) is 0. The summed E-state index contributed by atoms with van der Waals surface area (Å²) in [5, 5.41) is 12.0. The molecule has 0 bridgehead atoms. The third-order valence-electron chi connectivity index (χ3n) is 1.71. The van der Waals surface area contributed by atoms with Gasteiger partial charge in [-0.15, -0.1) is 0 Å². The summed E-state index contributed by atoms with van der Waals surface area (Å²) in [6, 6.07) is 0. The third-order valence-corrected chi connectivity index (χ3v) is 7.39. The molecule has 1 N–H and O–H groups in total. The van der Waals surface area contributed by atoms with Gasteiger partial charge in [-0.1, -0.05) is 0 Å². The standard InChI is InChI=1S/C8H9BrNOSSe/c1-8(2,11)6-5(9)7-10(13-6)3-4-12-7/h3-4,11H,1-2H3/q+1. The first-order valence-electron chi connectivity index (χ1n) is 3.80. The van der Waals surface area contributed by atoms with Crippen LogP contribution in [-0.4, -0.2) is 19.8 Å². The minimum absolute atomic E-state index is 0.215. The number of thiazole rings is 1. The van der Waals surface area contributed by atoms with E-state index in [0.29, 0.717) is 0 Å². The Morgan fingerprint density at radius 3 is 2.85 bits per heavy atom. The monoisotopic (exact) mass is 326 g/mol. The van der Waals surface area contributed by atoms with Gasteiger partial charge in [-0.2, -0.15) is 0 Å². The molecule has 0 aromatic carbocycles. The van der Waals surface area contributed by atoms with Gasteiger partial charge in [0.25, 0.3) is 0 Å². The molecule has 2 rings (SSSR count). The van der Waals surface area contributed by atoms with Gasteiger partial charge in [0.15, 0.2) is 0 Å². The molecule has 0 unspecified atom stereocenters. The summed E-state index contributed by atoms with van der Waals surface area (Å²) in [6.45, 7) is 3.67. The van der Waals surface area contributed by atoms with Crippen molar-refractivity contribution in [3.63, 3.8) is 0 Å². The van der Waals surface area contributed by atoms with Crippen molar-refractivity contribution in [1.29, 1.82) is 0 Å². The Kier molecular flexibility index (Phi) is 2.41. The molecule has 0 aliphatic carbocycles. The van der Waals surface area contributed by atoms with Crippen LogP contribution in [0.3, 0.4) is 0 Å². The minimum atomic E-state index is -0.704. The maximum atomic E-state index is 9.90. The van der Waals surface area contributed by atoms with E-state index < -0.39 is 5.60 Å². The van der Waals surface area contributed by atoms with Crippen LogP contribution < -0.4 is 3.40 Å². The van der Waals surface area contributed by atoms with Crippen molar-refractivity contribution in [3.8, 4) is 0 Å². The van der Waals surface area contributed by atoms with Gasteiger partial charge >= 0.3 is 95.3 Å². The van der Waals surface area contributed by atoms with Crippen LogP contribution in [0.4, 0.5) is 0 Å². The summed E-state index contributed by atoms with van der Waals surface area (Å²) in [5.41, 5.74) is -0.704. The zero-order chi connectivity index (χ0) is 9.64. The summed E-state index contributed by atoms with van der Waals surface area (Å²) in [6.07, 6.45) is 2.07. The molecule has 0 fully saturated rings. The fourth-order valence-corrected chi connectivity index (χ4v) is 6.04. The van der Waals surface area contributed by atoms with E-state index in [1.807, 2.05) is 13.8 Å². The third kappa shape index (κ3) is 1.64. The molecule has 0 saturated carbocycles. The number of hydrogen-bond donors (Lipinski definition) is 1. The van der Waals surface area contributed by atoms with E-state index in [1.54, 1.807) is 11.3 Å². The van der Waals surface area contributed by atoms with Crippen LogP contribution in [0.1, 0.15) is 18.3 Å². The number of halogens is 1. The molecule has 13 heavy (non-hydrogen) atoms. The van der Waals surface area contributed by atoms with Crippen LogP contribution in [0.2, 0.25) is 0 Å². The maximum absolute atomic E-state index is 9.90. The number of fused-ring (bicyclic) bond motifs is 1. The fraction of sp³-hybridized carbons (Fsp3) is 0.375. The van der Waals surface area contributed by atoms with Crippen molar-refractivity contribution >= 4 is 46.8 Å². The molecular formula is C8H9BrNOSSe+. The van der Waals surface area contributed by atoms with Gasteiger partial charge in [-0.3, -0.25) is 0 Å². The topological polar surface area (TPSA) is 24.3 Å². The Morgan fingerprint density at radius 2 is 2.31 bits per heavy atom. The first-order chi connectivity index (χ1) is 6.00. The van der Waals surface area contributed by atoms with Crippen LogP contribution >= 0.6 is 27.3 Å². The first-order valence-corrected chi connectivity index (χ1v) is 7.10. The van der Waals surface area contributed by atoms with Gasteiger partial charge in [0.05, 0.1) is 0 Å². The van der Waals surface area contributed by atoms with E-state index in [2.05, 4.69) is 30.9 Å². The zero-order valence-corrected chi connectivity index (χ0v) is 11.4. The van der Waals surface area contributed by atoms with Crippen LogP contribution in [0.5, 0.6) is 0 Å². The quantitative estimate of drug-likeness (QED) is 0.790. The Bertz CT molecular complexity index is 442. The van der Waals surface area contributed by atoms with Crippen molar-refractivity contribution in [2.45, 2.75) is 19.4 Å². The van der Waals surface area contributed by atoms with Crippen molar-refractivity contribution in [3.05, 3.63) is 20.5 Å². The van der Waals surface area contributed by atoms with Crippen LogP contribution in [0, 0.1) is 0 Å².